The zero-order chi connectivity index (χ0) is 23.3. The number of amides is 3. The molecule has 33 heavy (non-hydrogen) atoms. The van der Waals surface area contributed by atoms with E-state index in [9.17, 15) is 14.7 Å². The molecule has 4 rings (SSSR count). The van der Waals surface area contributed by atoms with Crippen LogP contribution in [0.15, 0.2) is 54.6 Å². The first-order valence-corrected chi connectivity index (χ1v) is 12.0. The minimum absolute atomic E-state index is 0.0119. The smallest absolute Gasteiger partial charge is 0.325 e. The Kier molecular flexibility index (Phi) is 7.46. The Bertz CT molecular complexity index is 954. The van der Waals surface area contributed by atoms with Gasteiger partial charge in [-0.1, -0.05) is 86.7 Å². The number of nitrogens with zero attached hydrogens (tertiary/aromatic N) is 1. The highest BCUT2D eigenvalue weighted by Crippen LogP contribution is 2.32. The Balaban J connectivity index is 1.43. The lowest BCUT2D eigenvalue weighted by Crippen LogP contribution is -2.48. The normalized spacial score (nSPS) is 20.2. The maximum Gasteiger partial charge on any atom is 0.325 e. The fraction of sp³-hybridized carbons (Fsp3) is 0.481. The van der Waals surface area contributed by atoms with Crippen molar-refractivity contribution in [2.45, 2.75) is 69.6 Å². The van der Waals surface area contributed by atoms with E-state index in [1.54, 1.807) is 0 Å². The summed E-state index contributed by atoms with van der Waals surface area (Å²) in [5.74, 6) is -0.202. The number of aryl methyl sites for hydroxylation is 1. The Labute approximate surface area is 195 Å². The van der Waals surface area contributed by atoms with Crippen molar-refractivity contribution in [3.05, 3.63) is 71.3 Å². The highest BCUT2D eigenvalue weighted by Gasteiger charge is 2.50. The van der Waals surface area contributed by atoms with Crippen molar-refractivity contribution < 1.29 is 19.4 Å². The third-order valence-electron chi connectivity index (χ3n) is 6.87. The number of benzene rings is 2. The molecule has 3 amide bonds. The number of rotatable bonds is 7. The van der Waals surface area contributed by atoms with Crippen molar-refractivity contribution in [1.82, 2.24) is 10.2 Å². The standard InChI is InChI=1S/C27H34N2O4/c1-20-12-8-9-15-23(20)24(21-13-6-5-7-14-21)33-19-22(30)18-29-25(31)27(28-26(29)32)16-10-3-2-4-11-17-27/h5-9,12-15,22,24,30H,2-4,10-11,16-19H2,1H3,(H,28,32). The van der Waals surface area contributed by atoms with Gasteiger partial charge in [-0.15, -0.1) is 0 Å². The zero-order valence-corrected chi connectivity index (χ0v) is 19.3. The Morgan fingerprint density at radius 3 is 2.30 bits per heavy atom. The number of β-amino-alcohol motifs (C(OH)–C–C–N with tert-alkyl or cyclic N) is 1. The van der Waals surface area contributed by atoms with E-state index in [0.29, 0.717) is 12.8 Å². The molecule has 176 valence electrons. The molecule has 1 aliphatic carbocycles. The summed E-state index contributed by atoms with van der Waals surface area (Å²) in [4.78, 5) is 27.1. The van der Waals surface area contributed by atoms with Crippen LogP contribution in [0.5, 0.6) is 0 Å². The number of urea groups is 1. The van der Waals surface area contributed by atoms with E-state index in [-0.39, 0.29) is 25.2 Å². The minimum Gasteiger partial charge on any atom is -0.389 e. The van der Waals surface area contributed by atoms with Gasteiger partial charge in [-0.05, 0) is 36.5 Å². The van der Waals surface area contributed by atoms with Crippen LogP contribution in [0.1, 0.15) is 67.7 Å². The lowest BCUT2D eigenvalue weighted by molar-refractivity contribution is -0.133. The van der Waals surface area contributed by atoms with Crippen LogP contribution in [0.4, 0.5) is 4.79 Å². The SMILES string of the molecule is Cc1ccccc1C(OCC(O)CN1C(=O)NC2(CCCCCCC2)C1=O)c1ccccc1. The third kappa shape index (κ3) is 5.28. The zero-order valence-electron chi connectivity index (χ0n) is 19.3. The molecular formula is C27H34N2O4. The fourth-order valence-electron chi connectivity index (χ4n) is 5.03. The molecule has 2 aromatic carbocycles. The molecule has 2 fully saturated rings. The average molecular weight is 451 g/mol. The van der Waals surface area contributed by atoms with Gasteiger partial charge in [0.2, 0.25) is 0 Å². The van der Waals surface area contributed by atoms with Gasteiger partial charge in [0.1, 0.15) is 11.6 Å². The second-order valence-corrected chi connectivity index (χ2v) is 9.33. The van der Waals surface area contributed by atoms with Crippen molar-refractivity contribution in [3.63, 3.8) is 0 Å². The molecule has 0 bridgehead atoms. The molecule has 1 saturated heterocycles. The summed E-state index contributed by atoms with van der Waals surface area (Å²) >= 11 is 0. The van der Waals surface area contributed by atoms with Crippen molar-refractivity contribution in [2.75, 3.05) is 13.2 Å². The highest BCUT2D eigenvalue weighted by atomic mass is 16.5. The van der Waals surface area contributed by atoms with Gasteiger partial charge < -0.3 is 15.2 Å². The maximum absolute atomic E-state index is 13.2. The van der Waals surface area contributed by atoms with E-state index in [1.807, 2.05) is 61.5 Å². The summed E-state index contributed by atoms with van der Waals surface area (Å²) in [7, 11) is 0. The molecule has 2 unspecified atom stereocenters. The number of nitrogens with one attached hydrogen (secondary N) is 1. The number of carbonyl (C=O) groups excluding carboxylic acids is 2. The molecule has 1 saturated carbocycles. The predicted molar refractivity (Wildman–Crippen MR) is 127 cm³/mol. The number of imide groups is 1. The molecule has 2 aromatic rings. The van der Waals surface area contributed by atoms with Crippen LogP contribution in [0, 0.1) is 6.92 Å². The molecule has 0 aromatic heterocycles. The van der Waals surface area contributed by atoms with Crippen molar-refractivity contribution in [2.24, 2.45) is 0 Å². The molecule has 1 spiro atoms. The lowest BCUT2D eigenvalue weighted by Gasteiger charge is -2.29. The van der Waals surface area contributed by atoms with Crippen LogP contribution in [0.2, 0.25) is 0 Å². The first kappa shape index (κ1) is 23.5. The molecule has 1 aliphatic heterocycles. The van der Waals surface area contributed by atoms with Crippen LogP contribution in [0.25, 0.3) is 0 Å². The fourth-order valence-corrected chi connectivity index (χ4v) is 5.03. The molecule has 6 heteroatoms. The Morgan fingerprint density at radius 2 is 1.61 bits per heavy atom. The first-order valence-electron chi connectivity index (χ1n) is 12.0. The van der Waals surface area contributed by atoms with Crippen LogP contribution >= 0.6 is 0 Å². The van der Waals surface area contributed by atoms with E-state index < -0.39 is 17.7 Å². The minimum atomic E-state index is -0.973. The lowest BCUT2D eigenvalue weighted by atomic mass is 9.84. The molecule has 2 aliphatic rings. The Hall–Kier alpha value is -2.70. The second-order valence-electron chi connectivity index (χ2n) is 9.33. The Morgan fingerprint density at radius 1 is 0.970 bits per heavy atom. The maximum atomic E-state index is 13.2. The van der Waals surface area contributed by atoms with E-state index in [4.69, 9.17) is 4.74 Å². The number of hydrogen-bond acceptors (Lipinski definition) is 4. The molecule has 2 N–H and O–H groups in total. The molecule has 6 nitrogen and oxygen atoms in total. The molecule has 1 heterocycles. The van der Waals surface area contributed by atoms with Crippen LogP contribution in [-0.2, 0) is 9.53 Å². The quantitative estimate of drug-likeness (QED) is 0.609. The predicted octanol–water partition coefficient (Wildman–Crippen LogP) is 4.50. The first-order chi connectivity index (χ1) is 16.0. The van der Waals surface area contributed by atoms with Gasteiger partial charge >= 0.3 is 6.03 Å². The number of carbonyl (C=O) groups is 2. The van der Waals surface area contributed by atoms with Gasteiger partial charge in [-0.2, -0.15) is 0 Å². The average Bonchev–Trinajstić information content (AvgIpc) is 3.03. The van der Waals surface area contributed by atoms with Gasteiger partial charge in [0, 0.05) is 0 Å². The molecule has 0 radical (unpaired) electrons. The van der Waals surface area contributed by atoms with Crippen molar-refractivity contribution >= 4 is 11.9 Å². The van der Waals surface area contributed by atoms with Crippen molar-refractivity contribution in [3.8, 4) is 0 Å². The molecule has 2 atom stereocenters. The van der Waals surface area contributed by atoms with Gasteiger partial charge in [-0.25, -0.2) is 4.79 Å². The van der Waals surface area contributed by atoms with Gasteiger partial charge in [0.15, 0.2) is 0 Å². The van der Waals surface area contributed by atoms with Crippen molar-refractivity contribution in [1.29, 1.82) is 0 Å². The summed E-state index contributed by atoms with van der Waals surface area (Å²) in [5.41, 5.74) is 2.31. The number of aliphatic hydroxyl groups excluding tert-OH is 1. The largest absolute Gasteiger partial charge is 0.389 e. The highest BCUT2D eigenvalue weighted by molar-refractivity contribution is 6.07. The molecular weight excluding hydrogens is 416 g/mol. The van der Waals surface area contributed by atoms with E-state index in [1.165, 1.54) is 11.3 Å². The summed E-state index contributed by atoms with van der Waals surface area (Å²) in [6.07, 6.45) is 5.24. The van der Waals surface area contributed by atoms with Gasteiger partial charge in [0.25, 0.3) is 5.91 Å². The monoisotopic (exact) mass is 450 g/mol. The van der Waals surface area contributed by atoms with E-state index in [2.05, 4.69) is 5.32 Å². The number of hydrogen-bond donors (Lipinski definition) is 2. The van der Waals surface area contributed by atoms with E-state index in [0.717, 1.165) is 42.4 Å². The summed E-state index contributed by atoms with van der Waals surface area (Å²) in [6, 6.07) is 17.5. The van der Waals surface area contributed by atoms with Crippen LogP contribution < -0.4 is 5.32 Å². The van der Waals surface area contributed by atoms with Gasteiger partial charge in [-0.3, -0.25) is 9.69 Å². The number of ether oxygens (including phenoxy) is 1. The van der Waals surface area contributed by atoms with Gasteiger partial charge in [0.05, 0.1) is 19.3 Å². The third-order valence-corrected chi connectivity index (χ3v) is 6.87. The van der Waals surface area contributed by atoms with Crippen LogP contribution in [-0.4, -0.2) is 46.7 Å². The summed E-state index contributed by atoms with van der Waals surface area (Å²) < 4.78 is 6.19. The summed E-state index contributed by atoms with van der Waals surface area (Å²) in [6.45, 7) is 1.98. The van der Waals surface area contributed by atoms with E-state index >= 15 is 0 Å². The topological polar surface area (TPSA) is 78.9 Å². The van der Waals surface area contributed by atoms with Crippen LogP contribution in [0.3, 0.4) is 0 Å². The summed E-state index contributed by atoms with van der Waals surface area (Å²) in [5, 5.41) is 13.7. The second kappa shape index (κ2) is 10.5. The number of aliphatic hydroxyl groups is 1.